The second-order valence-corrected chi connectivity index (χ2v) is 4.12. The molecular weight excluding hydrogens is 279 g/mol. The fourth-order valence-corrected chi connectivity index (χ4v) is 1.88. The Hall–Kier alpha value is -1.88. The van der Waals surface area contributed by atoms with Crippen LogP contribution in [0.1, 0.15) is 15.9 Å². The van der Waals surface area contributed by atoms with E-state index in [1.165, 1.54) is 24.4 Å². The fourth-order valence-electron chi connectivity index (χ4n) is 1.67. The number of rotatable bonds is 2. The van der Waals surface area contributed by atoms with Gasteiger partial charge in [0.25, 0.3) is 0 Å². The molecule has 0 aliphatic carbocycles. The van der Waals surface area contributed by atoms with Gasteiger partial charge in [-0.15, -0.1) is 0 Å². The third-order valence-electron chi connectivity index (χ3n) is 2.56. The van der Waals surface area contributed by atoms with Crippen molar-refractivity contribution in [2.75, 3.05) is 0 Å². The SMILES string of the molecule is O=Cc1c(-c2cccc(C(F)(F)F)c2)ccnc1Cl. The van der Waals surface area contributed by atoms with Gasteiger partial charge in [-0.3, -0.25) is 4.79 Å². The lowest BCUT2D eigenvalue weighted by Gasteiger charge is -2.10. The van der Waals surface area contributed by atoms with Crippen LogP contribution >= 0.6 is 11.6 Å². The Balaban J connectivity index is 2.60. The van der Waals surface area contributed by atoms with Crippen LogP contribution in [0.5, 0.6) is 0 Å². The average Bonchev–Trinajstić information content (AvgIpc) is 2.37. The van der Waals surface area contributed by atoms with Crippen LogP contribution < -0.4 is 0 Å². The number of nitrogens with zero attached hydrogens (tertiary/aromatic N) is 1. The molecule has 1 aromatic carbocycles. The highest BCUT2D eigenvalue weighted by molar-refractivity contribution is 6.32. The number of carbonyl (C=O) groups is 1. The van der Waals surface area contributed by atoms with E-state index in [0.29, 0.717) is 11.8 Å². The second kappa shape index (κ2) is 5.01. The zero-order valence-electron chi connectivity index (χ0n) is 9.41. The molecule has 0 fully saturated rings. The first-order chi connectivity index (χ1) is 8.93. The maximum absolute atomic E-state index is 12.6. The van der Waals surface area contributed by atoms with E-state index in [0.717, 1.165) is 12.1 Å². The third kappa shape index (κ3) is 2.76. The van der Waals surface area contributed by atoms with Crippen molar-refractivity contribution < 1.29 is 18.0 Å². The summed E-state index contributed by atoms with van der Waals surface area (Å²) < 4.78 is 37.9. The Morgan fingerprint density at radius 2 is 1.95 bits per heavy atom. The van der Waals surface area contributed by atoms with Gasteiger partial charge in [-0.2, -0.15) is 13.2 Å². The number of benzene rings is 1. The smallest absolute Gasteiger partial charge is 0.298 e. The number of aldehydes is 1. The van der Waals surface area contributed by atoms with Gasteiger partial charge in [-0.1, -0.05) is 23.7 Å². The maximum atomic E-state index is 12.6. The minimum absolute atomic E-state index is 0.0371. The number of hydrogen-bond acceptors (Lipinski definition) is 2. The Kier molecular flexibility index (Phi) is 3.57. The van der Waals surface area contributed by atoms with Crippen LogP contribution in [0.4, 0.5) is 13.2 Å². The van der Waals surface area contributed by atoms with E-state index in [9.17, 15) is 18.0 Å². The number of halogens is 4. The molecule has 0 N–H and O–H groups in total. The lowest BCUT2D eigenvalue weighted by Crippen LogP contribution is -2.04. The molecule has 1 aromatic heterocycles. The summed E-state index contributed by atoms with van der Waals surface area (Å²) in [6.45, 7) is 0. The molecule has 6 heteroatoms. The minimum atomic E-state index is -4.44. The fraction of sp³-hybridized carbons (Fsp3) is 0.0769. The van der Waals surface area contributed by atoms with Crippen molar-refractivity contribution in [3.8, 4) is 11.1 Å². The van der Waals surface area contributed by atoms with E-state index in [2.05, 4.69) is 4.98 Å². The van der Waals surface area contributed by atoms with E-state index in [4.69, 9.17) is 11.6 Å². The topological polar surface area (TPSA) is 30.0 Å². The van der Waals surface area contributed by atoms with E-state index in [1.807, 2.05) is 0 Å². The molecule has 0 aliphatic heterocycles. The predicted octanol–water partition coefficient (Wildman–Crippen LogP) is 4.23. The molecule has 0 saturated heterocycles. The largest absolute Gasteiger partial charge is 0.416 e. The van der Waals surface area contributed by atoms with Crippen molar-refractivity contribution in [1.29, 1.82) is 0 Å². The highest BCUT2D eigenvalue weighted by atomic mass is 35.5. The summed E-state index contributed by atoms with van der Waals surface area (Å²) in [5.41, 5.74) is -0.124. The molecular formula is C13H7ClF3NO. The van der Waals surface area contributed by atoms with Gasteiger partial charge in [0.2, 0.25) is 0 Å². The maximum Gasteiger partial charge on any atom is 0.416 e. The minimum Gasteiger partial charge on any atom is -0.298 e. The second-order valence-electron chi connectivity index (χ2n) is 3.76. The van der Waals surface area contributed by atoms with E-state index < -0.39 is 11.7 Å². The number of aromatic nitrogens is 1. The number of alkyl halides is 3. The Morgan fingerprint density at radius 1 is 1.21 bits per heavy atom. The summed E-state index contributed by atoms with van der Waals surface area (Å²) in [4.78, 5) is 14.7. The van der Waals surface area contributed by atoms with Crippen molar-refractivity contribution in [2.24, 2.45) is 0 Å². The molecule has 19 heavy (non-hydrogen) atoms. The van der Waals surface area contributed by atoms with Crippen LogP contribution in [0.2, 0.25) is 5.15 Å². The first-order valence-electron chi connectivity index (χ1n) is 5.21. The molecule has 0 spiro atoms. The molecule has 0 unspecified atom stereocenters. The number of hydrogen-bond donors (Lipinski definition) is 0. The highest BCUT2D eigenvalue weighted by Crippen LogP contribution is 2.33. The van der Waals surface area contributed by atoms with Crippen LogP contribution in [-0.4, -0.2) is 11.3 Å². The summed E-state index contributed by atoms with van der Waals surface area (Å²) in [5.74, 6) is 0. The van der Waals surface area contributed by atoms with Crippen molar-refractivity contribution in [3.05, 3.63) is 52.8 Å². The first-order valence-corrected chi connectivity index (χ1v) is 5.58. The molecule has 0 saturated carbocycles. The van der Waals surface area contributed by atoms with Crippen molar-refractivity contribution in [3.63, 3.8) is 0 Å². The van der Waals surface area contributed by atoms with E-state index >= 15 is 0 Å². The van der Waals surface area contributed by atoms with Gasteiger partial charge < -0.3 is 0 Å². The van der Waals surface area contributed by atoms with Crippen molar-refractivity contribution in [1.82, 2.24) is 4.98 Å². The Morgan fingerprint density at radius 3 is 2.58 bits per heavy atom. The van der Waals surface area contributed by atoms with Gasteiger partial charge in [0.15, 0.2) is 6.29 Å². The lowest BCUT2D eigenvalue weighted by molar-refractivity contribution is -0.137. The van der Waals surface area contributed by atoms with Crippen LogP contribution in [0.3, 0.4) is 0 Å². The zero-order valence-corrected chi connectivity index (χ0v) is 10.2. The zero-order chi connectivity index (χ0) is 14.0. The van der Waals surface area contributed by atoms with Gasteiger partial charge in [-0.05, 0) is 29.3 Å². The summed E-state index contributed by atoms with van der Waals surface area (Å²) in [5, 5.41) is -0.0371. The van der Waals surface area contributed by atoms with E-state index in [-0.39, 0.29) is 16.3 Å². The predicted molar refractivity (Wildman–Crippen MR) is 65.1 cm³/mol. The van der Waals surface area contributed by atoms with Crippen molar-refractivity contribution in [2.45, 2.75) is 6.18 Å². The summed E-state index contributed by atoms with van der Waals surface area (Å²) >= 11 is 5.74. The standard InChI is InChI=1S/C13H7ClF3NO/c14-12-11(7-19)10(4-5-18-12)8-2-1-3-9(6-8)13(15,16)17/h1-7H. The molecule has 2 nitrogen and oxygen atoms in total. The normalized spacial score (nSPS) is 11.4. The van der Waals surface area contributed by atoms with Crippen LogP contribution in [0, 0.1) is 0 Å². The third-order valence-corrected chi connectivity index (χ3v) is 2.86. The summed E-state index contributed by atoms with van der Waals surface area (Å²) in [6.07, 6.45) is -2.62. The van der Waals surface area contributed by atoms with Gasteiger partial charge in [0.05, 0.1) is 11.1 Å². The van der Waals surface area contributed by atoms with Crippen LogP contribution in [0.25, 0.3) is 11.1 Å². The number of carbonyl (C=O) groups excluding carboxylic acids is 1. The highest BCUT2D eigenvalue weighted by Gasteiger charge is 2.30. The van der Waals surface area contributed by atoms with Crippen LogP contribution in [0.15, 0.2) is 36.5 Å². The van der Waals surface area contributed by atoms with Gasteiger partial charge in [-0.25, -0.2) is 4.98 Å². The summed E-state index contributed by atoms with van der Waals surface area (Å²) in [6, 6.07) is 6.14. The Bertz CT molecular complexity index is 626. The van der Waals surface area contributed by atoms with Crippen LogP contribution in [-0.2, 0) is 6.18 Å². The molecule has 0 amide bonds. The monoisotopic (exact) mass is 285 g/mol. The van der Waals surface area contributed by atoms with E-state index in [1.54, 1.807) is 0 Å². The van der Waals surface area contributed by atoms with Gasteiger partial charge >= 0.3 is 6.18 Å². The Labute approximate surface area is 111 Å². The molecule has 2 rings (SSSR count). The quantitative estimate of drug-likeness (QED) is 0.610. The molecule has 1 heterocycles. The molecule has 0 aliphatic rings. The number of pyridine rings is 1. The lowest BCUT2D eigenvalue weighted by atomic mass is 10.0. The molecule has 0 bridgehead atoms. The van der Waals surface area contributed by atoms with Gasteiger partial charge in [0.1, 0.15) is 5.15 Å². The molecule has 0 radical (unpaired) electrons. The molecule has 2 aromatic rings. The first kappa shape index (κ1) is 13.5. The van der Waals surface area contributed by atoms with Crippen molar-refractivity contribution >= 4 is 17.9 Å². The summed E-state index contributed by atoms with van der Waals surface area (Å²) in [7, 11) is 0. The van der Waals surface area contributed by atoms with Gasteiger partial charge in [0, 0.05) is 6.20 Å². The average molecular weight is 286 g/mol. The molecule has 0 atom stereocenters. The molecule has 98 valence electrons.